The smallest absolute Gasteiger partial charge is 0.230 e. The average molecular weight is 330 g/mol. The maximum Gasteiger partial charge on any atom is 0.230 e. The minimum absolute atomic E-state index is 0.0990. The Kier molecular flexibility index (Phi) is 4.58. The van der Waals surface area contributed by atoms with Crippen LogP contribution >= 0.6 is 11.6 Å². The molecule has 0 spiro atoms. The molecule has 0 unspecified atom stereocenters. The summed E-state index contributed by atoms with van der Waals surface area (Å²) in [5.74, 6) is 0.915. The van der Waals surface area contributed by atoms with Crippen LogP contribution in [0.4, 0.5) is 0 Å². The lowest BCUT2D eigenvalue weighted by molar-refractivity contribution is -0.130. The molecule has 3 rings (SSSR count). The second kappa shape index (κ2) is 6.63. The summed E-state index contributed by atoms with van der Waals surface area (Å²) in [6.07, 6.45) is 2.87. The average Bonchev–Trinajstić information content (AvgIpc) is 2.54. The molecule has 1 aliphatic carbocycles. The Balaban J connectivity index is 1.69. The van der Waals surface area contributed by atoms with Crippen molar-refractivity contribution in [3.8, 4) is 5.75 Å². The standard InChI is InChI=1S/C19H20ClNO2/c1-23-17-9-3-14(4-10-17)13-21-18(22)19(11-2-12-19)15-5-7-16(20)8-6-15/h3-10H,2,11-13H2,1H3,(H,21,22). The van der Waals surface area contributed by atoms with Gasteiger partial charge in [0.05, 0.1) is 12.5 Å². The molecule has 3 nitrogen and oxygen atoms in total. The highest BCUT2D eigenvalue weighted by molar-refractivity contribution is 6.30. The van der Waals surface area contributed by atoms with Crippen molar-refractivity contribution in [3.05, 3.63) is 64.7 Å². The summed E-state index contributed by atoms with van der Waals surface area (Å²) in [6, 6.07) is 15.4. The van der Waals surface area contributed by atoms with Gasteiger partial charge < -0.3 is 10.1 Å². The topological polar surface area (TPSA) is 38.3 Å². The molecule has 1 fully saturated rings. The molecule has 120 valence electrons. The zero-order valence-electron chi connectivity index (χ0n) is 13.1. The molecule has 0 aliphatic heterocycles. The van der Waals surface area contributed by atoms with E-state index in [-0.39, 0.29) is 5.91 Å². The normalized spacial score (nSPS) is 15.6. The fourth-order valence-electron chi connectivity index (χ4n) is 3.04. The lowest BCUT2D eigenvalue weighted by Gasteiger charge is -2.40. The Morgan fingerprint density at radius 2 is 1.78 bits per heavy atom. The molecule has 1 aliphatic rings. The van der Waals surface area contributed by atoms with Gasteiger partial charge in [-0.2, -0.15) is 0 Å². The third-order valence-corrected chi connectivity index (χ3v) is 4.90. The van der Waals surface area contributed by atoms with Crippen LogP contribution in [0.1, 0.15) is 30.4 Å². The molecule has 1 N–H and O–H groups in total. The van der Waals surface area contributed by atoms with Crippen LogP contribution in [0.15, 0.2) is 48.5 Å². The molecular formula is C19H20ClNO2. The quantitative estimate of drug-likeness (QED) is 0.897. The van der Waals surface area contributed by atoms with Gasteiger partial charge >= 0.3 is 0 Å². The van der Waals surface area contributed by atoms with Crippen LogP contribution in [0.25, 0.3) is 0 Å². The summed E-state index contributed by atoms with van der Waals surface area (Å²) in [6.45, 7) is 0.526. The molecule has 0 radical (unpaired) electrons. The van der Waals surface area contributed by atoms with E-state index in [2.05, 4.69) is 5.32 Å². The second-order valence-corrected chi connectivity index (χ2v) is 6.41. The minimum Gasteiger partial charge on any atom is -0.497 e. The van der Waals surface area contributed by atoms with E-state index in [1.807, 2.05) is 48.5 Å². The summed E-state index contributed by atoms with van der Waals surface area (Å²) >= 11 is 5.96. The first kappa shape index (κ1) is 15.9. The zero-order valence-corrected chi connectivity index (χ0v) is 13.9. The van der Waals surface area contributed by atoms with Gasteiger partial charge in [0, 0.05) is 11.6 Å². The summed E-state index contributed by atoms with van der Waals surface area (Å²) in [4.78, 5) is 12.8. The highest BCUT2D eigenvalue weighted by atomic mass is 35.5. The Hall–Kier alpha value is -2.00. The number of amides is 1. The molecule has 2 aromatic rings. The van der Waals surface area contributed by atoms with Gasteiger partial charge in [0.2, 0.25) is 5.91 Å². The van der Waals surface area contributed by atoms with Crippen molar-refractivity contribution < 1.29 is 9.53 Å². The van der Waals surface area contributed by atoms with E-state index in [0.717, 1.165) is 36.1 Å². The maximum absolute atomic E-state index is 12.8. The third kappa shape index (κ3) is 3.20. The van der Waals surface area contributed by atoms with Gasteiger partial charge in [-0.25, -0.2) is 0 Å². The van der Waals surface area contributed by atoms with Crippen molar-refractivity contribution in [2.24, 2.45) is 0 Å². The number of carbonyl (C=O) groups is 1. The zero-order chi connectivity index (χ0) is 16.3. The fraction of sp³-hybridized carbons (Fsp3) is 0.316. The lowest BCUT2D eigenvalue weighted by atomic mass is 9.64. The number of halogens is 1. The monoisotopic (exact) mass is 329 g/mol. The molecule has 0 atom stereocenters. The van der Waals surface area contributed by atoms with Gasteiger partial charge in [-0.3, -0.25) is 4.79 Å². The van der Waals surface area contributed by atoms with Gasteiger partial charge in [-0.15, -0.1) is 0 Å². The van der Waals surface area contributed by atoms with Crippen LogP contribution in [0.2, 0.25) is 5.02 Å². The molecule has 2 aromatic carbocycles. The summed E-state index contributed by atoms with van der Waals surface area (Å²) in [5, 5.41) is 3.78. The van der Waals surface area contributed by atoms with E-state index in [0.29, 0.717) is 11.6 Å². The highest BCUT2D eigenvalue weighted by Crippen LogP contribution is 2.44. The largest absolute Gasteiger partial charge is 0.497 e. The van der Waals surface area contributed by atoms with Crippen LogP contribution < -0.4 is 10.1 Å². The summed E-state index contributed by atoms with van der Waals surface area (Å²) in [5.41, 5.74) is 1.72. The van der Waals surface area contributed by atoms with Crippen LogP contribution in [0.5, 0.6) is 5.75 Å². The van der Waals surface area contributed by atoms with Gasteiger partial charge in [-0.1, -0.05) is 42.3 Å². The number of hydrogen-bond acceptors (Lipinski definition) is 2. The van der Waals surface area contributed by atoms with E-state index < -0.39 is 5.41 Å². The summed E-state index contributed by atoms with van der Waals surface area (Å²) in [7, 11) is 1.64. The predicted molar refractivity (Wildman–Crippen MR) is 91.8 cm³/mol. The second-order valence-electron chi connectivity index (χ2n) is 5.97. The van der Waals surface area contributed by atoms with Crippen molar-refractivity contribution in [1.82, 2.24) is 5.32 Å². The number of rotatable bonds is 5. The van der Waals surface area contributed by atoms with Crippen LogP contribution in [-0.4, -0.2) is 13.0 Å². The Morgan fingerprint density at radius 1 is 1.13 bits per heavy atom. The molecule has 23 heavy (non-hydrogen) atoms. The number of carbonyl (C=O) groups excluding carboxylic acids is 1. The van der Waals surface area contributed by atoms with Crippen molar-refractivity contribution >= 4 is 17.5 Å². The Labute approximate surface area is 141 Å². The number of benzene rings is 2. The number of hydrogen-bond donors (Lipinski definition) is 1. The van der Waals surface area contributed by atoms with Gasteiger partial charge in [0.25, 0.3) is 0 Å². The van der Waals surface area contributed by atoms with E-state index in [1.54, 1.807) is 7.11 Å². The van der Waals surface area contributed by atoms with Crippen LogP contribution in [-0.2, 0) is 16.8 Å². The number of ether oxygens (including phenoxy) is 1. The fourth-order valence-corrected chi connectivity index (χ4v) is 3.17. The Bertz CT molecular complexity index is 676. The first-order valence-electron chi connectivity index (χ1n) is 7.81. The first-order valence-corrected chi connectivity index (χ1v) is 8.19. The SMILES string of the molecule is COc1ccc(CNC(=O)C2(c3ccc(Cl)cc3)CCC2)cc1. The van der Waals surface area contributed by atoms with Gasteiger partial charge in [-0.05, 0) is 48.2 Å². The number of nitrogens with one attached hydrogen (secondary N) is 1. The molecule has 0 saturated heterocycles. The first-order chi connectivity index (χ1) is 11.1. The molecule has 1 saturated carbocycles. The van der Waals surface area contributed by atoms with E-state index in [9.17, 15) is 4.79 Å². The highest BCUT2D eigenvalue weighted by Gasteiger charge is 2.45. The third-order valence-electron chi connectivity index (χ3n) is 4.65. The van der Waals surface area contributed by atoms with Gasteiger partial charge in [0.15, 0.2) is 0 Å². The van der Waals surface area contributed by atoms with Crippen molar-refractivity contribution in [3.63, 3.8) is 0 Å². The number of methoxy groups -OCH3 is 1. The maximum atomic E-state index is 12.8. The van der Waals surface area contributed by atoms with Crippen LogP contribution in [0.3, 0.4) is 0 Å². The predicted octanol–water partition coefficient (Wildman–Crippen LogP) is 4.09. The molecule has 0 bridgehead atoms. The van der Waals surface area contributed by atoms with E-state index >= 15 is 0 Å². The molecular weight excluding hydrogens is 310 g/mol. The Morgan fingerprint density at radius 3 is 2.30 bits per heavy atom. The van der Waals surface area contributed by atoms with Crippen molar-refractivity contribution in [2.75, 3.05) is 7.11 Å². The van der Waals surface area contributed by atoms with Crippen molar-refractivity contribution in [2.45, 2.75) is 31.2 Å². The summed E-state index contributed by atoms with van der Waals surface area (Å²) < 4.78 is 5.14. The molecule has 0 aromatic heterocycles. The van der Waals surface area contributed by atoms with E-state index in [1.165, 1.54) is 0 Å². The molecule has 0 heterocycles. The minimum atomic E-state index is -0.392. The molecule has 4 heteroatoms. The van der Waals surface area contributed by atoms with E-state index in [4.69, 9.17) is 16.3 Å². The van der Waals surface area contributed by atoms with Crippen molar-refractivity contribution in [1.29, 1.82) is 0 Å². The van der Waals surface area contributed by atoms with Gasteiger partial charge in [0.1, 0.15) is 5.75 Å². The lowest BCUT2D eigenvalue weighted by Crippen LogP contribution is -2.48. The van der Waals surface area contributed by atoms with Crippen LogP contribution in [0, 0.1) is 0 Å². The molecule has 1 amide bonds.